The Hall–Kier alpha value is -1.26. The second-order valence-corrected chi connectivity index (χ2v) is 3.65. The van der Waals surface area contributed by atoms with Crippen molar-refractivity contribution < 1.29 is 14.6 Å². The first kappa shape index (κ1) is 13.8. The Bertz CT molecular complexity index is 300. The molecule has 96 valence electrons. The minimum Gasteiger partial charge on any atom is -0.494 e. The van der Waals surface area contributed by atoms with E-state index >= 15 is 0 Å². The molecule has 1 aromatic carbocycles. The van der Waals surface area contributed by atoms with Crippen molar-refractivity contribution in [2.24, 2.45) is 0 Å². The molecule has 2 N–H and O–H groups in total. The lowest BCUT2D eigenvalue weighted by molar-refractivity contribution is 0.0496. The zero-order chi connectivity index (χ0) is 12.5. The van der Waals surface area contributed by atoms with Crippen molar-refractivity contribution in [1.29, 1.82) is 0 Å². The van der Waals surface area contributed by atoms with Crippen LogP contribution in [0.25, 0.3) is 0 Å². The molecule has 1 aromatic rings. The summed E-state index contributed by atoms with van der Waals surface area (Å²) in [5, 5.41) is 12.7. The second kappa shape index (κ2) is 7.92. The van der Waals surface area contributed by atoms with Gasteiger partial charge in [0.25, 0.3) is 0 Å². The number of hydrogen-bond acceptors (Lipinski definition) is 4. The quantitative estimate of drug-likeness (QED) is 0.727. The summed E-state index contributed by atoms with van der Waals surface area (Å²) in [5.41, 5.74) is 0.962. The van der Waals surface area contributed by atoms with Gasteiger partial charge in [0.05, 0.1) is 19.3 Å². The molecule has 1 atom stereocenters. The van der Waals surface area contributed by atoms with Crippen LogP contribution in [0.15, 0.2) is 24.3 Å². The molecule has 0 heterocycles. The topological polar surface area (TPSA) is 50.7 Å². The first-order valence-corrected chi connectivity index (χ1v) is 5.98. The van der Waals surface area contributed by atoms with Gasteiger partial charge in [0.15, 0.2) is 0 Å². The summed E-state index contributed by atoms with van der Waals surface area (Å²) in [6.45, 7) is 6.00. The van der Waals surface area contributed by atoms with E-state index in [2.05, 4.69) is 5.32 Å². The van der Waals surface area contributed by atoms with E-state index in [0.717, 1.165) is 11.4 Å². The molecule has 0 radical (unpaired) electrons. The smallest absolute Gasteiger partial charge is 0.119 e. The predicted molar refractivity (Wildman–Crippen MR) is 68.6 cm³/mol. The van der Waals surface area contributed by atoms with Gasteiger partial charge in [-0.2, -0.15) is 0 Å². The van der Waals surface area contributed by atoms with Gasteiger partial charge in [0.1, 0.15) is 5.75 Å². The van der Waals surface area contributed by atoms with Gasteiger partial charge >= 0.3 is 0 Å². The van der Waals surface area contributed by atoms with Crippen LogP contribution < -0.4 is 10.1 Å². The van der Waals surface area contributed by atoms with Gasteiger partial charge in [-0.1, -0.05) is 0 Å². The third-order valence-electron chi connectivity index (χ3n) is 2.22. The van der Waals surface area contributed by atoms with Crippen LogP contribution in [0.3, 0.4) is 0 Å². The molecule has 17 heavy (non-hydrogen) atoms. The average Bonchev–Trinajstić information content (AvgIpc) is 2.36. The van der Waals surface area contributed by atoms with Crippen LogP contribution in [0.4, 0.5) is 5.69 Å². The van der Waals surface area contributed by atoms with Gasteiger partial charge in [-0.15, -0.1) is 0 Å². The fourth-order valence-corrected chi connectivity index (χ4v) is 1.38. The van der Waals surface area contributed by atoms with E-state index in [1.165, 1.54) is 0 Å². The minimum absolute atomic E-state index is 0.362. The zero-order valence-electron chi connectivity index (χ0n) is 10.5. The van der Waals surface area contributed by atoms with Crippen LogP contribution in [0.5, 0.6) is 5.75 Å². The highest BCUT2D eigenvalue weighted by Gasteiger charge is 2.03. The summed E-state index contributed by atoms with van der Waals surface area (Å²) < 4.78 is 10.5. The van der Waals surface area contributed by atoms with E-state index in [9.17, 15) is 5.11 Å². The van der Waals surface area contributed by atoms with E-state index < -0.39 is 6.10 Å². The summed E-state index contributed by atoms with van der Waals surface area (Å²) >= 11 is 0. The molecule has 0 aliphatic rings. The Labute approximate surface area is 103 Å². The molecule has 0 bridgehead atoms. The first-order chi connectivity index (χ1) is 8.26. The van der Waals surface area contributed by atoms with E-state index in [-0.39, 0.29) is 0 Å². The summed E-state index contributed by atoms with van der Waals surface area (Å²) in [6.07, 6.45) is -0.485. The number of anilines is 1. The Kier molecular flexibility index (Phi) is 6.43. The molecule has 0 aromatic heterocycles. The van der Waals surface area contributed by atoms with E-state index in [1.807, 2.05) is 38.1 Å². The Morgan fingerprint density at radius 3 is 2.47 bits per heavy atom. The van der Waals surface area contributed by atoms with Crippen LogP contribution in [-0.4, -0.2) is 37.6 Å². The summed E-state index contributed by atoms with van der Waals surface area (Å²) in [5.74, 6) is 0.855. The SMILES string of the molecule is CCOCC(O)CNc1ccc(OCC)cc1. The van der Waals surface area contributed by atoms with Gasteiger partial charge < -0.3 is 19.9 Å². The van der Waals surface area contributed by atoms with Crippen LogP contribution in [-0.2, 0) is 4.74 Å². The van der Waals surface area contributed by atoms with Gasteiger partial charge in [-0.3, -0.25) is 0 Å². The van der Waals surface area contributed by atoms with E-state index in [4.69, 9.17) is 9.47 Å². The number of hydrogen-bond donors (Lipinski definition) is 2. The molecule has 0 saturated carbocycles. The highest BCUT2D eigenvalue weighted by atomic mass is 16.5. The van der Waals surface area contributed by atoms with E-state index in [1.54, 1.807) is 0 Å². The lowest BCUT2D eigenvalue weighted by atomic mass is 10.3. The third kappa shape index (κ3) is 5.56. The highest BCUT2D eigenvalue weighted by molar-refractivity contribution is 5.46. The predicted octanol–water partition coefficient (Wildman–Crippen LogP) is 1.89. The fraction of sp³-hybridized carbons (Fsp3) is 0.538. The Morgan fingerprint density at radius 1 is 1.18 bits per heavy atom. The van der Waals surface area contributed by atoms with Crippen molar-refractivity contribution in [3.8, 4) is 5.75 Å². The summed E-state index contributed by atoms with van der Waals surface area (Å²) in [7, 11) is 0. The molecule has 0 aliphatic carbocycles. The molecule has 0 saturated heterocycles. The van der Waals surface area contributed by atoms with Crippen molar-refractivity contribution in [1.82, 2.24) is 0 Å². The standard InChI is InChI=1S/C13H21NO3/c1-3-16-10-12(15)9-14-11-5-7-13(8-6-11)17-4-2/h5-8,12,14-15H,3-4,9-10H2,1-2H3. The van der Waals surface area contributed by atoms with Crippen LogP contribution >= 0.6 is 0 Å². The van der Waals surface area contributed by atoms with Crippen molar-refractivity contribution in [2.45, 2.75) is 20.0 Å². The number of benzene rings is 1. The van der Waals surface area contributed by atoms with Crippen LogP contribution in [0, 0.1) is 0 Å². The number of nitrogens with one attached hydrogen (secondary N) is 1. The fourth-order valence-electron chi connectivity index (χ4n) is 1.38. The molecule has 4 nitrogen and oxygen atoms in total. The van der Waals surface area contributed by atoms with Crippen LogP contribution in [0.1, 0.15) is 13.8 Å². The number of ether oxygens (including phenoxy) is 2. The molecule has 0 spiro atoms. The van der Waals surface area contributed by atoms with Crippen LogP contribution in [0.2, 0.25) is 0 Å². The number of rotatable bonds is 8. The Morgan fingerprint density at radius 2 is 1.88 bits per heavy atom. The first-order valence-electron chi connectivity index (χ1n) is 5.98. The van der Waals surface area contributed by atoms with Crippen molar-refractivity contribution in [3.63, 3.8) is 0 Å². The maximum atomic E-state index is 9.57. The molecule has 0 aliphatic heterocycles. The second-order valence-electron chi connectivity index (χ2n) is 3.65. The molecule has 0 fully saturated rings. The maximum Gasteiger partial charge on any atom is 0.119 e. The third-order valence-corrected chi connectivity index (χ3v) is 2.22. The van der Waals surface area contributed by atoms with Gasteiger partial charge in [-0.05, 0) is 38.1 Å². The van der Waals surface area contributed by atoms with Gasteiger partial charge in [-0.25, -0.2) is 0 Å². The summed E-state index contributed by atoms with van der Waals surface area (Å²) in [6, 6.07) is 7.66. The van der Waals surface area contributed by atoms with Gasteiger partial charge in [0, 0.05) is 18.8 Å². The van der Waals surface area contributed by atoms with Crippen molar-refractivity contribution in [2.75, 3.05) is 31.7 Å². The molecule has 4 heteroatoms. The lowest BCUT2D eigenvalue weighted by Crippen LogP contribution is -2.24. The highest BCUT2D eigenvalue weighted by Crippen LogP contribution is 2.15. The normalized spacial score (nSPS) is 12.2. The largest absolute Gasteiger partial charge is 0.494 e. The molecule has 1 rings (SSSR count). The number of aliphatic hydroxyl groups is 1. The van der Waals surface area contributed by atoms with Crippen molar-refractivity contribution in [3.05, 3.63) is 24.3 Å². The monoisotopic (exact) mass is 239 g/mol. The maximum absolute atomic E-state index is 9.57. The summed E-state index contributed by atoms with van der Waals surface area (Å²) in [4.78, 5) is 0. The molecular formula is C13H21NO3. The zero-order valence-corrected chi connectivity index (χ0v) is 10.5. The minimum atomic E-state index is -0.485. The van der Waals surface area contributed by atoms with E-state index in [0.29, 0.717) is 26.4 Å². The van der Waals surface area contributed by atoms with Gasteiger partial charge in [0.2, 0.25) is 0 Å². The van der Waals surface area contributed by atoms with Crippen molar-refractivity contribution >= 4 is 5.69 Å². The number of aliphatic hydroxyl groups excluding tert-OH is 1. The Balaban J connectivity index is 2.31. The molecule has 1 unspecified atom stereocenters. The average molecular weight is 239 g/mol. The lowest BCUT2D eigenvalue weighted by Gasteiger charge is -2.13. The molecular weight excluding hydrogens is 218 g/mol. The molecule has 0 amide bonds.